The van der Waals surface area contributed by atoms with E-state index in [1.807, 2.05) is 30.3 Å². The van der Waals surface area contributed by atoms with Crippen LogP contribution in [0.15, 0.2) is 211 Å². The molecule has 0 saturated heterocycles. The lowest BCUT2D eigenvalue weighted by Gasteiger charge is -2.27. The first-order chi connectivity index (χ1) is 28.2. The fraction of sp³-hybridized carbons (Fsp3) is 0. The predicted octanol–water partition coefficient (Wildman–Crippen LogP) is 15.5. The number of hydrogen-bond donors (Lipinski definition) is 0. The van der Waals surface area contributed by atoms with Gasteiger partial charge in [-0.1, -0.05) is 140 Å². The zero-order chi connectivity index (χ0) is 37.7. The minimum atomic E-state index is 0.639. The summed E-state index contributed by atoms with van der Waals surface area (Å²) in [4.78, 5) is 7.33. The largest absolute Gasteiger partial charge is 0.436 e. The van der Waals surface area contributed by atoms with Crippen molar-refractivity contribution >= 4 is 70.4 Å². The van der Waals surface area contributed by atoms with Gasteiger partial charge in [0.15, 0.2) is 5.58 Å². The number of anilines is 3. The third-order valence-electron chi connectivity index (χ3n) is 10.9. The van der Waals surface area contributed by atoms with Gasteiger partial charge in [-0.25, -0.2) is 4.98 Å². The van der Waals surface area contributed by atoms with Gasteiger partial charge in [-0.2, -0.15) is 0 Å². The van der Waals surface area contributed by atoms with Crippen molar-refractivity contribution in [3.8, 4) is 44.8 Å². The van der Waals surface area contributed by atoms with Gasteiger partial charge in [-0.05, 0) is 105 Å². The highest BCUT2D eigenvalue weighted by molar-refractivity contribution is 7.26. The van der Waals surface area contributed by atoms with Crippen LogP contribution in [0.4, 0.5) is 17.1 Å². The van der Waals surface area contributed by atoms with Gasteiger partial charge < -0.3 is 9.32 Å². The predicted molar refractivity (Wildman–Crippen MR) is 241 cm³/mol. The summed E-state index contributed by atoms with van der Waals surface area (Å²) in [5.74, 6) is 0.639. The highest BCUT2D eigenvalue weighted by Crippen LogP contribution is 2.46. The Bertz CT molecular complexity index is 3220. The Balaban J connectivity index is 1.10. The Morgan fingerprint density at radius 1 is 0.404 bits per heavy atom. The monoisotopic (exact) mass is 746 g/mol. The quantitative estimate of drug-likeness (QED) is 0.163. The molecule has 0 spiro atoms. The van der Waals surface area contributed by atoms with Gasteiger partial charge in [0.05, 0.1) is 0 Å². The molecule has 11 aromatic rings. The van der Waals surface area contributed by atoms with Gasteiger partial charge in [-0.3, -0.25) is 0 Å². The molecule has 0 radical (unpaired) electrons. The van der Waals surface area contributed by atoms with E-state index >= 15 is 0 Å². The molecule has 0 aliphatic rings. The minimum absolute atomic E-state index is 0.639. The molecule has 9 aromatic carbocycles. The van der Waals surface area contributed by atoms with Crippen LogP contribution in [-0.4, -0.2) is 4.98 Å². The molecule has 57 heavy (non-hydrogen) atoms. The molecule has 4 heteroatoms. The Kier molecular flexibility index (Phi) is 8.01. The number of aromatic nitrogens is 1. The van der Waals surface area contributed by atoms with Crippen LogP contribution in [0, 0.1) is 0 Å². The molecule has 0 aliphatic heterocycles. The zero-order valence-electron chi connectivity index (χ0n) is 30.8. The number of hydrogen-bond acceptors (Lipinski definition) is 4. The summed E-state index contributed by atoms with van der Waals surface area (Å²) < 4.78 is 8.72. The second-order valence-electron chi connectivity index (χ2n) is 14.4. The Morgan fingerprint density at radius 2 is 1.04 bits per heavy atom. The first kappa shape index (κ1) is 33.1. The van der Waals surface area contributed by atoms with E-state index in [2.05, 4.69) is 181 Å². The molecule has 2 aromatic heterocycles. The van der Waals surface area contributed by atoms with Crippen molar-refractivity contribution in [3.63, 3.8) is 0 Å². The van der Waals surface area contributed by atoms with Crippen LogP contribution in [0.25, 0.3) is 86.9 Å². The lowest BCUT2D eigenvalue weighted by Crippen LogP contribution is -2.10. The molecule has 0 atom stereocenters. The van der Waals surface area contributed by atoms with E-state index in [1.54, 1.807) is 11.3 Å². The first-order valence-electron chi connectivity index (χ1n) is 19.2. The smallest absolute Gasteiger partial charge is 0.227 e. The van der Waals surface area contributed by atoms with Crippen molar-refractivity contribution in [1.29, 1.82) is 0 Å². The van der Waals surface area contributed by atoms with E-state index in [4.69, 9.17) is 9.40 Å². The number of oxazole rings is 1. The summed E-state index contributed by atoms with van der Waals surface area (Å²) >= 11 is 1.80. The molecule has 0 saturated carbocycles. The normalized spacial score (nSPS) is 11.5. The van der Waals surface area contributed by atoms with Gasteiger partial charge >= 0.3 is 0 Å². The highest BCUT2D eigenvalue weighted by atomic mass is 32.1. The molecular formula is C53H34N2OS. The second kappa shape index (κ2) is 13.8. The molecule has 11 rings (SSSR count). The average Bonchev–Trinajstić information content (AvgIpc) is 3.87. The van der Waals surface area contributed by atoms with E-state index < -0.39 is 0 Å². The highest BCUT2D eigenvalue weighted by Gasteiger charge is 2.20. The third kappa shape index (κ3) is 5.95. The molecule has 268 valence electrons. The van der Waals surface area contributed by atoms with Gasteiger partial charge in [0.25, 0.3) is 0 Å². The van der Waals surface area contributed by atoms with E-state index in [1.165, 1.54) is 58.8 Å². The van der Waals surface area contributed by atoms with Crippen LogP contribution in [-0.2, 0) is 0 Å². The van der Waals surface area contributed by atoms with Crippen LogP contribution in [0.5, 0.6) is 0 Å². The molecule has 0 fully saturated rings. The Hall–Kier alpha value is -7.27. The number of rotatable bonds is 7. The molecule has 0 N–H and O–H groups in total. The SMILES string of the molecule is c1ccc(-c2ccc(N(c3ccc(-c4cccc5sc6cc7oc(-c8ccccc8)nc7cc6c45)c(-c4ccccc4)c3)c3ccc4ccccc4c3)cc2)cc1. The molecule has 0 aliphatic carbocycles. The summed E-state index contributed by atoms with van der Waals surface area (Å²) in [6.45, 7) is 0. The lowest BCUT2D eigenvalue weighted by atomic mass is 9.91. The van der Waals surface area contributed by atoms with Crippen molar-refractivity contribution < 1.29 is 4.42 Å². The summed E-state index contributed by atoms with van der Waals surface area (Å²) in [7, 11) is 0. The Labute approximate surface area is 334 Å². The summed E-state index contributed by atoms with van der Waals surface area (Å²) in [5, 5.41) is 4.84. The maximum absolute atomic E-state index is 6.30. The van der Waals surface area contributed by atoms with Crippen LogP contribution in [0.1, 0.15) is 0 Å². The second-order valence-corrected chi connectivity index (χ2v) is 15.4. The molecule has 0 unspecified atom stereocenters. The number of fused-ring (bicyclic) bond motifs is 5. The van der Waals surface area contributed by atoms with E-state index in [0.29, 0.717) is 5.89 Å². The van der Waals surface area contributed by atoms with Crippen molar-refractivity contribution in [2.75, 3.05) is 4.90 Å². The summed E-state index contributed by atoms with van der Waals surface area (Å²) in [6.07, 6.45) is 0. The van der Waals surface area contributed by atoms with Gasteiger partial charge in [0.1, 0.15) is 5.52 Å². The van der Waals surface area contributed by atoms with E-state index in [9.17, 15) is 0 Å². The van der Waals surface area contributed by atoms with Crippen LogP contribution in [0.3, 0.4) is 0 Å². The standard InChI is InChI=1S/C53H34N2OS/c1-4-13-35(14-5-1)37-23-26-41(27-24-37)55(42-28-25-36-15-10-11-20-40(36)31-42)43-29-30-44(46(32-43)38-16-6-2-7-17-38)45-21-12-22-50-52(45)47-33-48-49(34-51(47)57-50)56-53(54-48)39-18-8-3-9-19-39/h1-34H. The van der Waals surface area contributed by atoms with Gasteiger partial charge in [0.2, 0.25) is 5.89 Å². The fourth-order valence-electron chi connectivity index (χ4n) is 8.14. The first-order valence-corrected chi connectivity index (χ1v) is 20.0. The van der Waals surface area contributed by atoms with Crippen molar-refractivity contribution in [2.24, 2.45) is 0 Å². The molecule has 3 nitrogen and oxygen atoms in total. The topological polar surface area (TPSA) is 29.3 Å². The van der Waals surface area contributed by atoms with Crippen LogP contribution in [0.2, 0.25) is 0 Å². The fourth-order valence-corrected chi connectivity index (χ4v) is 9.28. The number of benzene rings is 9. The zero-order valence-corrected chi connectivity index (χ0v) is 31.7. The maximum Gasteiger partial charge on any atom is 0.227 e. The summed E-state index contributed by atoms with van der Waals surface area (Å²) in [6, 6.07) is 73.7. The molecular weight excluding hydrogens is 713 g/mol. The van der Waals surface area contributed by atoms with Crippen molar-refractivity contribution in [1.82, 2.24) is 4.98 Å². The molecule has 0 bridgehead atoms. The van der Waals surface area contributed by atoms with Crippen LogP contribution >= 0.6 is 11.3 Å². The number of nitrogens with zero attached hydrogens (tertiary/aromatic N) is 2. The van der Waals surface area contributed by atoms with Gasteiger partial charge in [-0.15, -0.1) is 11.3 Å². The van der Waals surface area contributed by atoms with Crippen LogP contribution < -0.4 is 4.90 Å². The summed E-state index contributed by atoms with van der Waals surface area (Å²) in [5.41, 5.74) is 13.0. The Morgan fingerprint density at radius 3 is 1.81 bits per heavy atom. The van der Waals surface area contributed by atoms with E-state index in [-0.39, 0.29) is 0 Å². The molecule has 0 amide bonds. The van der Waals surface area contributed by atoms with E-state index in [0.717, 1.165) is 39.3 Å². The van der Waals surface area contributed by atoms with Crippen molar-refractivity contribution in [2.45, 2.75) is 0 Å². The van der Waals surface area contributed by atoms with Crippen molar-refractivity contribution in [3.05, 3.63) is 206 Å². The number of thiophene rings is 1. The third-order valence-corrected chi connectivity index (χ3v) is 12.0. The molecule has 2 heterocycles. The van der Waals surface area contributed by atoms with Gasteiger partial charge in [0, 0.05) is 48.9 Å². The maximum atomic E-state index is 6.30. The minimum Gasteiger partial charge on any atom is -0.436 e. The lowest BCUT2D eigenvalue weighted by molar-refractivity contribution is 0.620. The average molecular weight is 747 g/mol.